The highest BCUT2D eigenvalue weighted by molar-refractivity contribution is 5.46. The van der Waals surface area contributed by atoms with Crippen LogP contribution in [0.4, 0.5) is 0 Å². The van der Waals surface area contributed by atoms with E-state index in [1.54, 1.807) is 14.2 Å². The van der Waals surface area contributed by atoms with Crippen LogP contribution < -0.4 is 20.1 Å². The number of benzene rings is 1. The highest BCUT2D eigenvalue weighted by Crippen LogP contribution is 2.31. The summed E-state index contributed by atoms with van der Waals surface area (Å²) >= 11 is 0. The van der Waals surface area contributed by atoms with Crippen molar-refractivity contribution in [1.82, 2.24) is 10.6 Å². The largest absolute Gasteiger partial charge is 0.493 e. The van der Waals surface area contributed by atoms with E-state index in [-0.39, 0.29) is 0 Å². The van der Waals surface area contributed by atoms with Crippen molar-refractivity contribution in [1.29, 1.82) is 0 Å². The molecule has 2 rings (SSSR count). The molecule has 94 valence electrons. The van der Waals surface area contributed by atoms with Gasteiger partial charge in [0.1, 0.15) is 0 Å². The van der Waals surface area contributed by atoms with E-state index >= 15 is 0 Å². The van der Waals surface area contributed by atoms with Gasteiger partial charge in [0.2, 0.25) is 0 Å². The standard InChI is InChI=1S/C13H20N2O2/c1-16-12-5-3-4-10(13(12)17-2)8-11-9-14-6-7-15-11/h3-5,11,14-15H,6-9H2,1-2H3. The Labute approximate surface area is 102 Å². The zero-order chi connectivity index (χ0) is 12.1. The molecule has 1 aliphatic heterocycles. The molecule has 2 N–H and O–H groups in total. The van der Waals surface area contributed by atoms with Crippen LogP contribution in [-0.2, 0) is 6.42 Å². The van der Waals surface area contributed by atoms with Gasteiger partial charge >= 0.3 is 0 Å². The molecule has 1 aliphatic rings. The predicted octanol–water partition coefficient (Wildman–Crippen LogP) is 0.808. The molecule has 1 atom stereocenters. The summed E-state index contributed by atoms with van der Waals surface area (Å²) in [4.78, 5) is 0. The molecule has 17 heavy (non-hydrogen) atoms. The van der Waals surface area contributed by atoms with Crippen LogP contribution in [0.5, 0.6) is 11.5 Å². The van der Waals surface area contributed by atoms with Gasteiger partial charge in [0.05, 0.1) is 14.2 Å². The quantitative estimate of drug-likeness (QED) is 0.812. The van der Waals surface area contributed by atoms with E-state index in [1.807, 2.05) is 12.1 Å². The number of rotatable bonds is 4. The summed E-state index contributed by atoms with van der Waals surface area (Å²) in [5.74, 6) is 1.65. The minimum Gasteiger partial charge on any atom is -0.493 e. The molecule has 1 heterocycles. The van der Waals surface area contributed by atoms with E-state index in [0.717, 1.165) is 37.6 Å². The van der Waals surface area contributed by atoms with Gasteiger partial charge in [-0.2, -0.15) is 0 Å². The van der Waals surface area contributed by atoms with Crippen molar-refractivity contribution in [2.24, 2.45) is 0 Å². The van der Waals surface area contributed by atoms with Crippen molar-refractivity contribution in [2.75, 3.05) is 33.9 Å². The average Bonchev–Trinajstić information content (AvgIpc) is 2.39. The predicted molar refractivity (Wildman–Crippen MR) is 67.9 cm³/mol. The molecule has 0 aliphatic carbocycles. The molecule has 1 unspecified atom stereocenters. The second-order valence-electron chi connectivity index (χ2n) is 4.21. The Morgan fingerprint density at radius 3 is 2.76 bits per heavy atom. The molecule has 1 fully saturated rings. The fourth-order valence-electron chi connectivity index (χ4n) is 2.24. The molecule has 4 heteroatoms. The first kappa shape index (κ1) is 12.2. The summed E-state index contributed by atoms with van der Waals surface area (Å²) in [5.41, 5.74) is 1.19. The molecule has 1 aromatic carbocycles. The van der Waals surface area contributed by atoms with Gasteiger partial charge in [-0.3, -0.25) is 0 Å². The van der Waals surface area contributed by atoms with Gasteiger partial charge < -0.3 is 20.1 Å². The van der Waals surface area contributed by atoms with Crippen molar-refractivity contribution < 1.29 is 9.47 Å². The average molecular weight is 236 g/mol. The first-order valence-electron chi connectivity index (χ1n) is 5.99. The normalized spacial score (nSPS) is 20.0. The maximum absolute atomic E-state index is 5.44. The smallest absolute Gasteiger partial charge is 0.163 e. The van der Waals surface area contributed by atoms with Crippen LogP contribution in [0.1, 0.15) is 5.56 Å². The monoisotopic (exact) mass is 236 g/mol. The number of methoxy groups -OCH3 is 2. The summed E-state index contributed by atoms with van der Waals surface area (Å²) in [5, 5.41) is 6.88. The molecule has 0 amide bonds. The van der Waals surface area contributed by atoms with E-state index in [4.69, 9.17) is 9.47 Å². The van der Waals surface area contributed by atoms with Crippen molar-refractivity contribution in [3.63, 3.8) is 0 Å². The molecular formula is C13H20N2O2. The highest BCUT2D eigenvalue weighted by atomic mass is 16.5. The lowest BCUT2D eigenvalue weighted by Gasteiger charge is -2.25. The van der Waals surface area contributed by atoms with Crippen molar-refractivity contribution in [2.45, 2.75) is 12.5 Å². The number of para-hydroxylation sites is 1. The van der Waals surface area contributed by atoms with Gasteiger partial charge in [-0.15, -0.1) is 0 Å². The van der Waals surface area contributed by atoms with Gasteiger partial charge in [0.15, 0.2) is 11.5 Å². The van der Waals surface area contributed by atoms with Crippen molar-refractivity contribution in [3.8, 4) is 11.5 Å². The summed E-state index contributed by atoms with van der Waals surface area (Å²) in [6.45, 7) is 3.07. The maximum Gasteiger partial charge on any atom is 0.163 e. The number of hydrogen-bond acceptors (Lipinski definition) is 4. The van der Waals surface area contributed by atoms with E-state index in [0.29, 0.717) is 6.04 Å². The van der Waals surface area contributed by atoms with Gasteiger partial charge in [-0.1, -0.05) is 12.1 Å². The number of ether oxygens (including phenoxy) is 2. The van der Waals surface area contributed by atoms with Crippen LogP contribution in [0, 0.1) is 0 Å². The second kappa shape index (κ2) is 5.89. The van der Waals surface area contributed by atoms with E-state index < -0.39 is 0 Å². The van der Waals surface area contributed by atoms with Crippen LogP contribution >= 0.6 is 0 Å². The first-order valence-corrected chi connectivity index (χ1v) is 5.99. The molecule has 0 spiro atoms. The fraction of sp³-hybridized carbons (Fsp3) is 0.538. The Morgan fingerprint density at radius 2 is 2.12 bits per heavy atom. The highest BCUT2D eigenvalue weighted by Gasteiger charge is 2.16. The molecule has 0 bridgehead atoms. The number of piperazine rings is 1. The molecule has 1 aromatic rings. The third kappa shape index (κ3) is 2.90. The van der Waals surface area contributed by atoms with Crippen LogP contribution in [-0.4, -0.2) is 39.9 Å². The lowest BCUT2D eigenvalue weighted by atomic mass is 10.0. The lowest BCUT2D eigenvalue weighted by Crippen LogP contribution is -2.49. The van der Waals surface area contributed by atoms with Crippen LogP contribution in [0.15, 0.2) is 18.2 Å². The Bertz CT molecular complexity index is 362. The summed E-state index contributed by atoms with van der Waals surface area (Å²) in [6, 6.07) is 6.49. The Morgan fingerprint density at radius 1 is 1.24 bits per heavy atom. The molecule has 0 saturated carbocycles. The Balaban J connectivity index is 2.13. The molecular weight excluding hydrogens is 216 g/mol. The molecule has 0 aromatic heterocycles. The first-order chi connectivity index (χ1) is 8.35. The van der Waals surface area contributed by atoms with Crippen LogP contribution in [0.3, 0.4) is 0 Å². The maximum atomic E-state index is 5.44. The van der Waals surface area contributed by atoms with Crippen molar-refractivity contribution in [3.05, 3.63) is 23.8 Å². The Kier molecular flexibility index (Phi) is 4.23. The summed E-state index contributed by atoms with van der Waals surface area (Å²) < 4.78 is 10.7. The minimum absolute atomic E-state index is 0.463. The van der Waals surface area contributed by atoms with Crippen LogP contribution in [0.25, 0.3) is 0 Å². The molecule has 1 saturated heterocycles. The van der Waals surface area contributed by atoms with E-state index in [1.165, 1.54) is 5.56 Å². The topological polar surface area (TPSA) is 42.5 Å². The SMILES string of the molecule is COc1cccc(CC2CNCCN2)c1OC. The summed E-state index contributed by atoms with van der Waals surface area (Å²) in [7, 11) is 3.36. The van der Waals surface area contributed by atoms with Gasteiger partial charge in [-0.05, 0) is 18.1 Å². The number of nitrogens with one attached hydrogen (secondary N) is 2. The summed E-state index contributed by atoms with van der Waals surface area (Å²) in [6.07, 6.45) is 0.952. The van der Waals surface area contributed by atoms with Gasteiger partial charge in [0, 0.05) is 25.7 Å². The third-order valence-electron chi connectivity index (χ3n) is 3.08. The second-order valence-corrected chi connectivity index (χ2v) is 4.21. The van der Waals surface area contributed by atoms with E-state index in [2.05, 4.69) is 16.7 Å². The Hall–Kier alpha value is -1.26. The zero-order valence-corrected chi connectivity index (χ0v) is 10.5. The molecule has 0 radical (unpaired) electrons. The van der Waals surface area contributed by atoms with Gasteiger partial charge in [0.25, 0.3) is 0 Å². The zero-order valence-electron chi connectivity index (χ0n) is 10.5. The molecule has 4 nitrogen and oxygen atoms in total. The fourth-order valence-corrected chi connectivity index (χ4v) is 2.24. The third-order valence-corrected chi connectivity index (χ3v) is 3.08. The van der Waals surface area contributed by atoms with Gasteiger partial charge in [-0.25, -0.2) is 0 Å². The van der Waals surface area contributed by atoms with Crippen LogP contribution in [0.2, 0.25) is 0 Å². The van der Waals surface area contributed by atoms with E-state index in [9.17, 15) is 0 Å². The lowest BCUT2D eigenvalue weighted by molar-refractivity contribution is 0.347. The van der Waals surface area contributed by atoms with Crippen molar-refractivity contribution >= 4 is 0 Å². The number of hydrogen-bond donors (Lipinski definition) is 2. The minimum atomic E-state index is 0.463.